The highest BCUT2D eigenvalue weighted by molar-refractivity contribution is 6.11. The Labute approximate surface area is 302 Å². The molecule has 2 aromatic heterocycles. The highest BCUT2D eigenvalue weighted by Gasteiger charge is 2.18. The summed E-state index contributed by atoms with van der Waals surface area (Å²) in [6.45, 7) is 2.14. The maximum atomic E-state index is 6.20. The number of anilines is 3. The van der Waals surface area contributed by atoms with Crippen LogP contribution < -0.4 is 4.90 Å². The van der Waals surface area contributed by atoms with Crippen LogP contribution in [0.15, 0.2) is 192 Å². The number of rotatable bonds is 6. The maximum absolute atomic E-state index is 6.20. The van der Waals surface area contributed by atoms with Crippen molar-refractivity contribution in [3.05, 3.63) is 194 Å². The molecule has 0 radical (unpaired) electrons. The third-order valence-electron chi connectivity index (χ3n) is 10.3. The molecule has 0 saturated heterocycles. The van der Waals surface area contributed by atoms with E-state index in [0.717, 1.165) is 50.2 Å². The van der Waals surface area contributed by atoms with Gasteiger partial charge in [-0.25, -0.2) is 0 Å². The number of hydrogen-bond acceptors (Lipinski definition) is 2. The summed E-state index contributed by atoms with van der Waals surface area (Å²) in [4.78, 5) is 2.36. The van der Waals surface area contributed by atoms with Gasteiger partial charge in [-0.05, 0) is 95.9 Å². The Morgan fingerprint density at radius 2 is 0.923 bits per heavy atom. The van der Waals surface area contributed by atoms with Gasteiger partial charge in [0.1, 0.15) is 11.2 Å². The van der Waals surface area contributed by atoms with Crippen molar-refractivity contribution in [1.29, 1.82) is 0 Å². The number of furan rings is 1. The largest absolute Gasteiger partial charge is 0.456 e. The Morgan fingerprint density at radius 3 is 1.65 bits per heavy atom. The van der Waals surface area contributed by atoms with Crippen molar-refractivity contribution < 1.29 is 4.42 Å². The molecular formula is C49H34N2O. The Kier molecular flexibility index (Phi) is 7.04. The van der Waals surface area contributed by atoms with E-state index >= 15 is 0 Å². The molecule has 0 spiro atoms. The smallest absolute Gasteiger partial charge is 0.135 e. The number of para-hydroxylation sites is 2. The molecule has 10 rings (SSSR count). The quantitative estimate of drug-likeness (QED) is 0.176. The fourth-order valence-electron chi connectivity index (χ4n) is 7.66. The molecule has 0 N–H and O–H groups in total. The van der Waals surface area contributed by atoms with Gasteiger partial charge < -0.3 is 13.9 Å². The zero-order chi connectivity index (χ0) is 34.6. The SMILES string of the molecule is Cc1ccc(N(c2ccc(-c3ccc(-c4ccccc4)cc3)cc2)c2ccc3c4ccccc4n(-c4ccc5oc6ccccc6c5c4)c3c2)cc1. The van der Waals surface area contributed by atoms with Crippen LogP contribution in [0.1, 0.15) is 5.56 Å². The van der Waals surface area contributed by atoms with Crippen molar-refractivity contribution in [2.75, 3.05) is 4.90 Å². The third-order valence-corrected chi connectivity index (χ3v) is 10.3. The van der Waals surface area contributed by atoms with Crippen LogP contribution in [-0.2, 0) is 0 Å². The van der Waals surface area contributed by atoms with E-state index in [0.29, 0.717) is 0 Å². The van der Waals surface area contributed by atoms with E-state index in [1.165, 1.54) is 44.1 Å². The second kappa shape index (κ2) is 12.2. The van der Waals surface area contributed by atoms with Crippen molar-refractivity contribution >= 4 is 60.8 Å². The summed E-state index contributed by atoms with van der Waals surface area (Å²) >= 11 is 0. The average Bonchev–Trinajstić information content (AvgIpc) is 3.74. The molecule has 3 nitrogen and oxygen atoms in total. The Balaban J connectivity index is 1.10. The highest BCUT2D eigenvalue weighted by Crippen LogP contribution is 2.41. The molecule has 246 valence electrons. The Bertz CT molecular complexity index is 2880. The normalized spacial score (nSPS) is 11.6. The van der Waals surface area contributed by atoms with Gasteiger partial charge in [-0.15, -0.1) is 0 Å². The van der Waals surface area contributed by atoms with E-state index < -0.39 is 0 Å². The summed E-state index contributed by atoms with van der Waals surface area (Å²) in [6.07, 6.45) is 0. The van der Waals surface area contributed by atoms with E-state index in [2.05, 4.69) is 192 Å². The van der Waals surface area contributed by atoms with Crippen LogP contribution in [0.2, 0.25) is 0 Å². The number of aryl methyl sites for hydroxylation is 1. The number of hydrogen-bond donors (Lipinski definition) is 0. The molecule has 0 aliphatic heterocycles. The van der Waals surface area contributed by atoms with Crippen LogP contribution >= 0.6 is 0 Å². The molecular weight excluding hydrogens is 633 g/mol. The second-order valence-electron chi connectivity index (χ2n) is 13.5. The fraction of sp³-hybridized carbons (Fsp3) is 0.0204. The minimum Gasteiger partial charge on any atom is -0.456 e. The lowest BCUT2D eigenvalue weighted by atomic mass is 10.00. The molecule has 0 bridgehead atoms. The van der Waals surface area contributed by atoms with Crippen molar-refractivity contribution in [3.8, 4) is 27.9 Å². The Hall–Kier alpha value is -6.84. The minimum absolute atomic E-state index is 0.896. The molecule has 0 aliphatic rings. The first-order chi connectivity index (χ1) is 25.7. The standard InChI is InChI=1S/C49H34N2O/c1-33-15-23-38(24-16-33)50(39-25-21-37(22-26-39)36-19-17-35(18-20-36)34-9-3-2-4-10-34)41-27-29-43-42-11-5-7-13-46(42)51(47(43)32-41)40-28-30-49-45(31-40)44-12-6-8-14-48(44)52-49/h2-32H,1H3. The summed E-state index contributed by atoms with van der Waals surface area (Å²) in [6, 6.07) is 67.5. The number of fused-ring (bicyclic) bond motifs is 6. The number of nitrogens with zero attached hydrogens (tertiary/aromatic N) is 2. The van der Waals surface area contributed by atoms with Crippen LogP contribution in [0.4, 0.5) is 17.1 Å². The molecule has 3 heteroatoms. The molecule has 0 amide bonds. The van der Waals surface area contributed by atoms with Gasteiger partial charge in [-0.2, -0.15) is 0 Å². The molecule has 8 aromatic carbocycles. The van der Waals surface area contributed by atoms with Crippen molar-refractivity contribution in [3.63, 3.8) is 0 Å². The van der Waals surface area contributed by atoms with Crippen molar-refractivity contribution in [1.82, 2.24) is 4.57 Å². The van der Waals surface area contributed by atoms with E-state index in [4.69, 9.17) is 4.42 Å². The molecule has 2 heterocycles. The average molecular weight is 667 g/mol. The summed E-state index contributed by atoms with van der Waals surface area (Å²) < 4.78 is 8.59. The van der Waals surface area contributed by atoms with Crippen LogP contribution in [0.5, 0.6) is 0 Å². The maximum Gasteiger partial charge on any atom is 0.135 e. The second-order valence-corrected chi connectivity index (χ2v) is 13.5. The van der Waals surface area contributed by atoms with Crippen LogP contribution in [0.3, 0.4) is 0 Å². The van der Waals surface area contributed by atoms with E-state index in [9.17, 15) is 0 Å². The topological polar surface area (TPSA) is 21.3 Å². The van der Waals surface area contributed by atoms with Gasteiger partial charge in [-0.3, -0.25) is 0 Å². The zero-order valence-corrected chi connectivity index (χ0v) is 28.7. The predicted molar refractivity (Wildman–Crippen MR) is 218 cm³/mol. The lowest BCUT2D eigenvalue weighted by Gasteiger charge is -2.26. The molecule has 0 unspecified atom stereocenters. The minimum atomic E-state index is 0.896. The first kappa shape index (κ1) is 30.0. The van der Waals surface area contributed by atoms with Gasteiger partial charge >= 0.3 is 0 Å². The Morgan fingerprint density at radius 1 is 0.385 bits per heavy atom. The van der Waals surface area contributed by atoms with E-state index in [1.54, 1.807) is 0 Å². The molecule has 0 fully saturated rings. The van der Waals surface area contributed by atoms with Crippen molar-refractivity contribution in [2.24, 2.45) is 0 Å². The fourth-order valence-corrected chi connectivity index (χ4v) is 7.66. The number of benzene rings is 8. The van der Waals surface area contributed by atoms with Gasteiger partial charge in [0.05, 0.1) is 11.0 Å². The molecule has 0 aliphatic carbocycles. The van der Waals surface area contributed by atoms with Crippen LogP contribution in [-0.4, -0.2) is 4.57 Å². The van der Waals surface area contributed by atoms with Gasteiger partial charge in [0.15, 0.2) is 0 Å². The molecule has 0 atom stereocenters. The van der Waals surface area contributed by atoms with Crippen molar-refractivity contribution in [2.45, 2.75) is 6.92 Å². The van der Waals surface area contributed by atoms with Gasteiger partial charge in [-0.1, -0.05) is 127 Å². The first-order valence-corrected chi connectivity index (χ1v) is 17.8. The van der Waals surface area contributed by atoms with E-state index in [1.807, 2.05) is 12.1 Å². The first-order valence-electron chi connectivity index (χ1n) is 17.8. The molecule has 0 saturated carbocycles. The van der Waals surface area contributed by atoms with Gasteiger partial charge in [0.25, 0.3) is 0 Å². The summed E-state index contributed by atoms with van der Waals surface area (Å²) in [5, 5.41) is 4.69. The predicted octanol–water partition coefficient (Wildman–Crippen LogP) is 13.8. The van der Waals surface area contributed by atoms with Crippen LogP contribution in [0, 0.1) is 6.92 Å². The van der Waals surface area contributed by atoms with Crippen LogP contribution in [0.25, 0.3) is 71.7 Å². The van der Waals surface area contributed by atoms with E-state index in [-0.39, 0.29) is 0 Å². The van der Waals surface area contributed by atoms with Gasteiger partial charge in [0, 0.05) is 44.3 Å². The highest BCUT2D eigenvalue weighted by atomic mass is 16.3. The van der Waals surface area contributed by atoms with Gasteiger partial charge in [0.2, 0.25) is 0 Å². The zero-order valence-electron chi connectivity index (χ0n) is 28.7. The lowest BCUT2D eigenvalue weighted by molar-refractivity contribution is 0.669. The molecule has 10 aromatic rings. The monoisotopic (exact) mass is 666 g/mol. The summed E-state index contributed by atoms with van der Waals surface area (Å²) in [7, 11) is 0. The summed E-state index contributed by atoms with van der Waals surface area (Å²) in [5.41, 5.74) is 14.6. The molecule has 52 heavy (non-hydrogen) atoms. The third kappa shape index (κ3) is 5.06. The summed E-state index contributed by atoms with van der Waals surface area (Å²) in [5.74, 6) is 0. The lowest BCUT2D eigenvalue weighted by Crippen LogP contribution is -2.10. The number of aromatic nitrogens is 1.